The van der Waals surface area contributed by atoms with Crippen molar-refractivity contribution < 1.29 is 26.7 Å². The first-order valence-corrected chi connectivity index (χ1v) is 9.60. The third kappa shape index (κ3) is 3.27. The predicted molar refractivity (Wildman–Crippen MR) is 98.3 cm³/mol. The van der Waals surface area contributed by atoms with Crippen molar-refractivity contribution in [3.05, 3.63) is 84.2 Å². The van der Waals surface area contributed by atoms with E-state index in [0.29, 0.717) is 0 Å². The number of H-pyrrole nitrogens is 1. The lowest BCUT2D eigenvalue weighted by Crippen LogP contribution is -2.43. The third-order valence-electron chi connectivity index (χ3n) is 4.45. The van der Waals surface area contributed by atoms with Crippen molar-refractivity contribution in [2.45, 2.75) is 16.7 Å². The first-order chi connectivity index (χ1) is 13.1. The average Bonchev–Trinajstić information content (AvgIpc) is 3.22. The van der Waals surface area contributed by atoms with Gasteiger partial charge in [0, 0.05) is 13.2 Å². The molecule has 1 atom stereocenters. The summed E-state index contributed by atoms with van der Waals surface area (Å²) in [6, 6.07) is 14.7. The standard InChI is InChI=1S/C19H17F3N2O3S/c1-24(28(26,27)16-6-3-2-4-7-16)15-11-9-14(10-12-15)18(25,19(20,21)22)17-8-5-13-23-17/h2-13,23,25H,1H3. The van der Waals surface area contributed by atoms with Crippen LogP contribution in [-0.4, -0.2) is 31.7 Å². The van der Waals surface area contributed by atoms with Gasteiger partial charge >= 0.3 is 6.18 Å². The van der Waals surface area contributed by atoms with E-state index in [2.05, 4.69) is 4.98 Å². The van der Waals surface area contributed by atoms with Crippen molar-refractivity contribution in [3.63, 3.8) is 0 Å². The second-order valence-electron chi connectivity index (χ2n) is 6.12. The largest absolute Gasteiger partial charge is 0.427 e. The van der Waals surface area contributed by atoms with Gasteiger partial charge in [0.15, 0.2) is 0 Å². The van der Waals surface area contributed by atoms with Crippen LogP contribution in [0.15, 0.2) is 77.8 Å². The zero-order chi connectivity index (χ0) is 20.6. The van der Waals surface area contributed by atoms with Crippen molar-refractivity contribution in [2.75, 3.05) is 11.4 Å². The zero-order valence-corrected chi connectivity index (χ0v) is 15.5. The van der Waals surface area contributed by atoms with Gasteiger partial charge in [-0.2, -0.15) is 13.2 Å². The molecule has 0 spiro atoms. The molecule has 0 saturated heterocycles. The molecule has 2 N–H and O–H groups in total. The molecular formula is C19H17F3N2O3S. The lowest BCUT2D eigenvalue weighted by molar-refractivity contribution is -0.249. The van der Waals surface area contributed by atoms with E-state index in [1.165, 1.54) is 43.6 Å². The molecule has 2 aromatic carbocycles. The number of aromatic amines is 1. The summed E-state index contributed by atoms with van der Waals surface area (Å²) in [6.07, 6.45) is -3.71. The molecule has 0 saturated carbocycles. The highest BCUT2D eigenvalue weighted by atomic mass is 32.2. The van der Waals surface area contributed by atoms with Crippen LogP contribution >= 0.6 is 0 Å². The van der Waals surface area contributed by atoms with Crippen molar-refractivity contribution in [1.82, 2.24) is 4.98 Å². The normalized spacial score (nSPS) is 14.5. The second-order valence-corrected chi connectivity index (χ2v) is 8.09. The number of aliphatic hydroxyl groups is 1. The minimum absolute atomic E-state index is 0.0553. The number of halogens is 3. The summed E-state index contributed by atoms with van der Waals surface area (Å²) in [4.78, 5) is 2.44. The molecule has 0 bridgehead atoms. The van der Waals surface area contributed by atoms with Gasteiger partial charge in [-0.15, -0.1) is 0 Å². The predicted octanol–water partition coefficient (Wildman–Crippen LogP) is 3.64. The van der Waals surface area contributed by atoms with Gasteiger partial charge in [-0.3, -0.25) is 4.31 Å². The summed E-state index contributed by atoms with van der Waals surface area (Å²) in [5.41, 5.74) is -3.95. The Bertz CT molecular complexity index is 1030. The van der Waals surface area contributed by atoms with Crippen LogP contribution in [0.2, 0.25) is 0 Å². The van der Waals surface area contributed by atoms with Crippen LogP contribution < -0.4 is 4.31 Å². The van der Waals surface area contributed by atoms with Gasteiger partial charge in [0.25, 0.3) is 10.0 Å². The molecule has 148 valence electrons. The molecule has 9 heteroatoms. The Kier molecular flexibility index (Phi) is 4.99. The maximum absolute atomic E-state index is 13.6. The molecule has 5 nitrogen and oxygen atoms in total. The quantitative estimate of drug-likeness (QED) is 0.675. The summed E-state index contributed by atoms with van der Waals surface area (Å²) in [5, 5.41) is 10.5. The number of alkyl halides is 3. The summed E-state index contributed by atoms with van der Waals surface area (Å²) in [7, 11) is -2.57. The highest BCUT2D eigenvalue weighted by molar-refractivity contribution is 7.92. The van der Waals surface area contributed by atoms with Gasteiger partial charge in [-0.05, 0) is 42.0 Å². The number of anilines is 1. The fourth-order valence-electron chi connectivity index (χ4n) is 2.83. The van der Waals surface area contributed by atoms with Crippen LogP contribution in [0.1, 0.15) is 11.3 Å². The van der Waals surface area contributed by atoms with Gasteiger partial charge in [0.1, 0.15) is 0 Å². The minimum atomic E-state index is -4.98. The van der Waals surface area contributed by atoms with Crippen molar-refractivity contribution >= 4 is 15.7 Å². The maximum atomic E-state index is 13.6. The summed E-state index contributed by atoms with van der Waals surface area (Å²) in [5.74, 6) is 0. The Labute approximate surface area is 160 Å². The van der Waals surface area contributed by atoms with Crippen LogP contribution in [0.4, 0.5) is 18.9 Å². The molecule has 0 amide bonds. The first kappa shape index (κ1) is 20.0. The van der Waals surface area contributed by atoms with E-state index in [0.717, 1.165) is 22.5 Å². The van der Waals surface area contributed by atoms with Crippen LogP contribution in [0.3, 0.4) is 0 Å². The Morgan fingerprint density at radius 3 is 2.04 bits per heavy atom. The van der Waals surface area contributed by atoms with Crippen LogP contribution in [0.5, 0.6) is 0 Å². The number of nitrogens with one attached hydrogen (secondary N) is 1. The number of hydrogen-bond acceptors (Lipinski definition) is 3. The fourth-order valence-corrected chi connectivity index (χ4v) is 4.05. The second kappa shape index (κ2) is 6.99. The lowest BCUT2D eigenvalue weighted by atomic mass is 9.89. The Hall–Kier alpha value is -2.78. The molecule has 0 aliphatic heterocycles. The monoisotopic (exact) mass is 410 g/mol. The van der Waals surface area contributed by atoms with E-state index in [-0.39, 0.29) is 10.6 Å². The molecule has 1 heterocycles. The highest BCUT2D eigenvalue weighted by Crippen LogP contribution is 2.43. The SMILES string of the molecule is CN(c1ccc(C(O)(c2ccc[nH]2)C(F)(F)F)cc1)S(=O)(=O)c1ccccc1. The smallest absolute Gasteiger partial charge is 0.371 e. The van der Waals surface area contributed by atoms with E-state index in [1.807, 2.05) is 0 Å². The molecule has 1 aromatic heterocycles. The molecule has 3 rings (SSSR count). The molecule has 28 heavy (non-hydrogen) atoms. The zero-order valence-electron chi connectivity index (χ0n) is 14.7. The van der Waals surface area contributed by atoms with Gasteiger partial charge in [0.2, 0.25) is 5.60 Å². The van der Waals surface area contributed by atoms with E-state index in [1.54, 1.807) is 18.2 Å². The van der Waals surface area contributed by atoms with Crippen LogP contribution in [0, 0.1) is 0 Å². The molecule has 1 unspecified atom stereocenters. The number of hydrogen-bond donors (Lipinski definition) is 2. The molecule has 0 radical (unpaired) electrons. The molecule has 0 aliphatic carbocycles. The third-order valence-corrected chi connectivity index (χ3v) is 6.25. The molecule has 0 aliphatic rings. The lowest BCUT2D eigenvalue weighted by Gasteiger charge is -2.30. The number of nitrogens with zero attached hydrogens (tertiary/aromatic N) is 1. The highest BCUT2D eigenvalue weighted by Gasteiger charge is 2.57. The van der Waals surface area contributed by atoms with Crippen molar-refractivity contribution in [1.29, 1.82) is 0 Å². The topological polar surface area (TPSA) is 73.4 Å². The van der Waals surface area contributed by atoms with E-state index >= 15 is 0 Å². The average molecular weight is 410 g/mol. The van der Waals surface area contributed by atoms with Gasteiger partial charge in [0.05, 0.1) is 16.3 Å². The van der Waals surface area contributed by atoms with Crippen molar-refractivity contribution in [2.24, 2.45) is 0 Å². The van der Waals surface area contributed by atoms with E-state index < -0.39 is 33.1 Å². The minimum Gasteiger partial charge on any atom is -0.371 e. The summed E-state index contributed by atoms with van der Waals surface area (Å²) in [6.45, 7) is 0. The molecule has 0 fully saturated rings. The Balaban J connectivity index is 1.99. The maximum Gasteiger partial charge on any atom is 0.427 e. The van der Waals surface area contributed by atoms with Gasteiger partial charge in [-0.1, -0.05) is 30.3 Å². The van der Waals surface area contributed by atoms with Gasteiger partial charge in [-0.25, -0.2) is 8.42 Å². The Morgan fingerprint density at radius 1 is 0.929 bits per heavy atom. The summed E-state index contributed by atoms with van der Waals surface area (Å²) < 4.78 is 67.2. The number of aromatic nitrogens is 1. The van der Waals surface area contributed by atoms with E-state index in [4.69, 9.17) is 0 Å². The molecule has 3 aromatic rings. The number of rotatable bonds is 5. The number of sulfonamides is 1. The van der Waals surface area contributed by atoms with E-state index in [9.17, 15) is 26.7 Å². The number of benzene rings is 2. The summed E-state index contributed by atoms with van der Waals surface area (Å²) >= 11 is 0. The van der Waals surface area contributed by atoms with Crippen LogP contribution in [0.25, 0.3) is 0 Å². The van der Waals surface area contributed by atoms with Crippen LogP contribution in [-0.2, 0) is 15.6 Å². The molecular weight excluding hydrogens is 393 g/mol. The first-order valence-electron chi connectivity index (χ1n) is 8.16. The van der Waals surface area contributed by atoms with Gasteiger partial charge < -0.3 is 10.1 Å². The Morgan fingerprint density at radius 2 is 1.54 bits per heavy atom. The fraction of sp³-hybridized carbons (Fsp3) is 0.158. The van der Waals surface area contributed by atoms with Crippen molar-refractivity contribution in [3.8, 4) is 0 Å².